The quantitative estimate of drug-likeness (QED) is 0.757. The number of ketones is 1. The highest BCUT2D eigenvalue weighted by Crippen LogP contribution is 2.27. The highest BCUT2D eigenvalue weighted by molar-refractivity contribution is 6.08. The molecule has 1 amide bonds. The van der Waals surface area contributed by atoms with Crippen LogP contribution in [-0.4, -0.2) is 21.7 Å². The zero-order chi connectivity index (χ0) is 16.7. The van der Waals surface area contributed by atoms with Gasteiger partial charge in [-0.2, -0.15) is 0 Å². The molecule has 2 N–H and O–H groups in total. The van der Waals surface area contributed by atoms with Crippen LogP contribution in [0.5, 0.6) is 0 Å². The van der Waals surface area contributed by atoms with Crippen molar-refractivity contribution in [1.29, 1.82) is 0 Å². The number of carbonyl (C=O) groups is 2. The van der Waals surface area contributed by atoms with E-state index in [0.717, 1.165) is 35.0 Å². The smallest absolute Gasteiger partial charge is 0.272 e. The second-order valence-corrected chi connectivity index (χ2v) is 6.13. The molecule has 0 saturated carbocycles. The number of aromatic amines is 1. The normalized spacial score (nSPS) is 13.8. The van der Waals surface area contributed by atoms with E-state index in [9.17, 15) is 9.59 Å². The summed E-state index contributed by atoms with van der Waals surface area (Å²) in [6.45, 7) is 1.83. The molecule has 0 bridgehead atoms. The summed E-state index contributed by atoms with van der Waals surface area (Å²) in [6.07, 6.45) is 3.85. The molecule has 120 valence electrons. The van der Waals surface area contributed by atoms with Crippen molar-refractivity contribution in [3.05, 3.63) is 59.0 Å². The lowest BCUT2D eigenvalue weighted by Crippen LogP contribution is -2.14. The fourth-order valence-electron chi connectivity index (χ4n) is 3.33. The van der Waals surface area contributed by atoms with E-state index in [-0.39, 0.29) is 11.7 Å². The number of nitrogens with zero attached hydrogens (tertiary/aromatic N) is 1. The Morgan fingerprint density at radius 2 is 2.08 bits per heavy atom. The van der Waals surface area contributed by atoms with Gasteiger partial charge in [0.25, 0.3) is 5.91 Å². The number of rotatable bonds is 2. The van der Waals surface area contributed by atoms with Crippen LogP contribution in [0.1, 0.15) is 44.9 Å². The van der Waals surface area contributed by atoms with E-state index in [1.807, 2.05) is 37.3 Å². The zero-order valence-electron chi connectivity index (χ0n) is 13.3. The summed E-state index contributed by atoms with van der Waals surface area (Å²) >= 11 is 0. The number of amides is 1. The number of nitrogens with one attached hydrogen (secondary N) is 2. The third-order valence-corrected chi connectivity index (χ3v) is 4.51. The molecule has 0 fully saturated rings. The molecule has 0 aliphatic heterocycles. The average molecular weight is 319 g/mol. The summed E-state index contributed by atoms with van der Waals surface area (Å²) in [6, 6.07) is 9.64. The lowest BCUT2D eigenvalue weighted by Gasteiger charge is -2.09. The molecule has 1 aromatic carbocycles. The van der Waals surface area contributed by atoms with Crippen LogP contribution < -0.4 is 5.32 Å². The first-order valence-corrected chi connectivity index (χ1v) is 8.04. The molecule has 2 heterocycles. The van der Waals surface area contributed by atoms with Gasteiger partial charge in [0, 0.05) is 23.1 Å². The van der Waals surface area contributed by atoms with E-state index in [1.54, 1.807) is 6.20 Å². The van der Waals surface area contributed by atoms with E-state index >= 15 is 0 Å². The minimum atomic E-state index is -0.244. The first-order chi connectivity index (χ1) is 11.6. The van der Waals surface area contributed by atoms with Gasteiger partial charge in [-0.15, -0.1) is 0 Å². The molecule has 0 radical (unpaired) electrons. The fourth-order valence-corrected chi connectivity index (χ4v) is 3.33. The van der Waals surface area contributed by atoms with E-state index < -0.39 is 0 Å². The predicted octanol–water partition coefficient (Wildman–Crippen LogP) is 3.64. The first kappa shape index (κ1) is 14.6. The number of fused-ring (bicyclic) bond motifs is 2. The van der Waals surface area contributed by atoms with E-state index in [2.05, 4.69) is 15.3 Å². The molecule has 5 nitrogen and oxygen atoms in total. The number of hydrogen-bond acceptors (Lipinski definition) is 3. The molecule has 1 aliphatic carbocycles. The third-order valence-electron chi connectivity index (χ3n) is 4.51. The molecule has 2 aromatic heterocycles. The summed E-state index contributed by atoms with van der Waals surface area (Å²) < 4.78 is 0. The number of H-pyrrole nitrogens is 1. The molecule has 4 rings (SSSR count). The summed E-state index contributed by atoms with van der Waals surface area (Å²) in [4.78, 5) is 32.2. The second-order valence-electron chi connectivity index (χ2n) is 6.13. The van der Waals surface area contributed by atoms with Gasteiger partial charge >= 0.3 is 0 Å². The average Bonchev–Trinajstić information content (AvgIpc) is 2.93. The Hall–Kier alpha value is -2.95. The number of aromatic nitrogens is 2. The number of carbonyl (C=O) groups excluding carboxylic acids is 2. The van der Waals surface area contributed by atoms with Gasteiger partial charge < -0.3 is 10.3 Å². The van der Waals surface area contributed by atoms with Crippen molar-refractivity contribution in [2.24, 2.45) is 0 Å². The Bertz CT molecular complexity index is 972. The van der Waals surface area contributed by atoms with Gasteiger partial charge in [0.15, 0.2) is 5.78 Å². The summed E-state index contributed by atoms with van der Waals surface area (Å²) in [5.41, 5.74) is 4.29. The molecule has 0 atom stereocenters. The topological polar surface area (TPSA) is 74.8 Å². The number of para-hydroxylation sites is 1. The number of pyridine rings is 1. The van der Waals surface area contributed by atoms with Crippen molar-refractivity contribution in [1.82, 2.24) is 9.97 Å². The Labute approximate surface area is 139 Å². The van der Waals surface area contributed by atoms with Crippen molar-refractivity contribution in [3.63, 3.8) is 0 Å². The van der Waals surface area contributed by atoms with Gasteiger partial charge in [-0.3, -0.25) is 14.6 Å². The van der Waals surface area contributed by atoms with Crippen LogP contribution in [0.2, 0.25) is 0 Å². The Kier molecular flexibility index (Phi) is 3.41. The molecule has 0 spiro atoms. The van der Waals surface area contributed by atoms with Gasteiger partial charge in [-0.05, 0) is 37.5 Å². The van der Waals surface area contributed by atoms with Crippen LogP contribution in [0.25, 0.3) is 10.9 Å². The molecule has 1 aliphatic rings. The standard InChI is InChI=1S/C19H17N3O2/c1-11-17-15(7-4-8-16(17)23)22-18(11)19(24)21-13-9-12-5-2-3-6-14(12)20-10-13/h2-3,5-6,9-10,22H,4,7-8H2,1H3,(H,21,24). The lowest BCUT2D eigenvalue weighted by molar-refractivity contribution is 0.0971. The first-order valence-electron chi connectivity index (χ1n) is 8.04. The fraction of sp³-hybridized carbons (Fsp3) is 0.211. The van der Waals surface area contributed by atoms with Gasteiger partial charge in [0.2, 0.25) is 0 Å². The molecule has 0 unspecified atom stereocenters. The highest BCUT2D eigenvalue weighted by Gasteiger charge is 2.26. The van der Waals surface area contributed by atoms with E-state index in [0.29, 0.717) is 23.4 Å². The van der Waals surface area contributed by atoms with Crippen molar-refractivity contribution < 1.29 is 9.59 Å². The highest BCUT2D eigenvalue weighted by atomic mass is 16.2. The van der Waals surface area contributed by atoms with Gasteiger partial charge in [-0.25, -0.2) is 0 Å². The monoisotopic (exact) mass is 319 g/mol. The lowest BCUT2D eigenvalue weighted by atomic mass is 9.94. The number of Topliss-reactive ketones (excluding diaryl/α,β-unsaturated/α-hetero) is 1. The predicted molar refractivity (Wildman–Crippen MR) is 92.5 cm³/mol. The minimum absolute atomic E-state index is 0.122. The zero-order valence-corrected chi connectivity index (χ0v) is 13.3. The van der Waals surface area contributed by atoms with Gasteiger partial charge in [-0.1, -0.05) is 18.2 Å². The van der Waals surface area contributed by atoms with Crippen LogP contribution in [0.3, 0.4) is 0 Å². The molecule has 0 saturated heterocycles. The van der Waals surface area contributed by atoms with E-state index in [4.69, 9.17) is 0 Å². The number of anilines is 1. The van der Waals surface area contributed by atoms with Crippen molar-refractivity contribution in [3.8, 4) is 0 Å². The van der Waals surface area contributed by atoms with Crippen LogP contribution in [0, 0.1) is 6.92 Å². The second kappa shape index (κ2) is 5.60. The van der Waals surface area contributed by atoms with Crippen LogP contribution in [-0.2, 0) is 6.42 Å². The number of aryl methyl sites for hydroxylation is 1. The van der Waals surface area contributed by atoms with Gasteiger partial charge in [0.05, 0.1) is 17.4 Å². The van der Waals surface area contributed by atoms with Crippen molar-refractivity contribution in [2.45, 2.75) is 26.2 Å². The molecule has 5 heteroatoms. The maximum atomic E-state index is 12.6. The van der Waals surface area contributed by atoms with Crippen LogP contribution in [0.15, 0.2) is 36.5 Å². The Balaban J connectivity index is 1.65. The maximum absolute atomic E-state index is 12.6. The number of hydrogen-bond donors (Lipinski definition) is 2. The van der Waals surface area contributed by atoms with Crippen molar-refractivity contribution >= 4 is 28.3 Å². The molecule has 3 aromatic rings. The maximum Gasteiger partial charge on any atom is 0.272 e. The minimum Gasteiger partial charge on any atom is -0.354 e. The molecular formula is C19H17N3O2. The Morgan fingerprint density at radius 1 is 1.25 bits per heavy atom. The largest absolute Gasteiger partial charge is 0.354 e. The van der Waals surface area contributed by atoms with Crippen LogP contribution in [0.4, 0.5) is 5.69 Å². The van der Waals surface area contributed by atoms with Gasteiger partial charge in [0.1, 0.15) is 5.69 Å². The SMILES string of the molecule is Cc1c(C(=O)Nc2cnc3ccccc3c2)[nH]c2c1C(=O)CCC2. The Morgan fingerprint density at radius 3 is 2.92 bits per heavy atom. The number of benzene rings is 1. The third kappa shape index (κ3) is 2.38. The van der Waals surface area contributed by atoms with E-state index in [1.165, 1.54) is 0 Å². The summed E-state index contributed by atoms with van der Waals surface area (Å²) in [5, 5.41) is 3.84. The van der Waals surface area contributed by atoms with Crippen molar-refractivity contribution in [2.75, 3.05) is 5.32 Å². The van der Waals surface area contributed by atoms with Crippen LogP contribution >= 0.6 is 0 Å². The summed E-state index contributed by atoms with van der Waals surface area (Å²) in [7, 11) is 0. The molecule has 24 heavy (non-hydrogen) atoms. The summed E-state index contributed by atoms with van der Waals surface area (Å²) in [5.74, 6) is -0.122. The molecular weight excluding hydrogens is 302 g/mol.